The first-order valence-electron chi connectivity index (χ1n) is 7.64. The van der Waals surface area contributed by atoms with E-state index >= 15 is 0 Å². The predicted molar refractivity (Wildman–Crippen MR) is 93.5 cm³/mol. The number of carbonyl (C=O) groups is 1. The van der Waals surface area contributed by atoms with Crippen LogP contribution < -0.4 is 10.6 Å². The van der Waals surface area contributed by atoms with Crippen LogP contribution in [0.5, 0.6) is 0 Å². The van der Waals surface area contributed by atoms with Crippen LogP contribution in [0.4, 0.5) is 5.95 Å². The van der Waals surface area contributed by atoms with E-state index in [1.165, 1.54) is 0 Å². The van der Waals surface area contributed by atoms with E-state index < -0.39 is 0 Å². The zero-order valence-electron chi connectivity index (χ0n) is 13.3. The van der Waals surface area contributed by atoms with Crippen LogP contribution in [-0.4, -0.2) is 34.2 Å². The smallest absolute Gasteiger partial charge is 0.251 e. The molecular weight excluding hydrogens is 358 g/mol. The fourth-order valence-electron chi connectivity index (χ4n) is 2.07. The van der Waals surface area contributed by atoms with Crippen molar-refractivity contribution in [1.82, 2.24) is 20.5 Å². The van der Waals surface area contributed by atoms with Crippen molar-refractivity contribution in [3.63, 3.8) is 0 Å². The lowest BCUT2D eigenvalue weighted by Gasteiger charge is -2.09. The summed E-state index contributed by atoms with van der Waals surface area (Å²) < 4.78 is 0.947. The molecular formula is C16H20BrN5O. The fraction of sp³-hybridized carbons (Fsp3) is 0.375. The summed E-state index contributed by atoms with van der Waals surface area (Å²) in [7, 11) is 0. The topological polar surface area (TPSA) is 79.8 Å². The second-order valence-corrected chi connectivity index (χ2v) is 5.84. The summed E-state index contributed by atoms with van der Waals surface area (Å²) in [6.07, 6.45) is 1.65. The van der Waals surface area contributed by atoms with Gasteiger partial charge in [-0.3, -0.25) is 4.79 Å². The summed E-state index contributed by atoms with van der Waals surface area (Å²) in [5, 5.41) is 14.2. The van der Waals surface area contributed by atoms with E-state index in [9.17, 15) is 4.79 Å². The van der Waals surface area contributed by atoms with Crippen molar-refractivity contribution < 1.29 is 4.79 Å². The van der Waals surface area contributed by atoms with Crippen molar-refractivity contribution in [2.75, 3.05) is 18.4 Å². The molecule has 0 fully saturated rings. The summed E-state index contributed by atoms with van der Waals surface area (Å²) in [6, 6.07) is 7.23. The molecule has 0 aliphatic rings. The van der Waals surface area contributed by atoms with Gasteiger partial charge in [-0.2, -0.15) is 5.10 Å². The van der Waals surface area contributed by atoms with Crippen LogP contribution >= 0.6 is 15.9 Å². The minimum atomic E-state index is -0.103. The highest BCUT2D eigenvalue weighted by Crippen LogP contribution is 2.10. The number of aromatic nitrogens is 3. The molecule has 23 heavy (non-hydrogen) atoms. The molecule has 7 heteroatoms. The van der Waals surface area contributed by atoms with Gasteiger partial charge in [-0.05, 0) is 37.1 Å². The van der Waals surface area contributed by atoms with Crippen molar-refractivity contribution in [2.24, 2.45) is 0 Å². The zero-order chi connectivity index (χ0) is 16.7. The fourth-order valence-corrected chi connectivity index (χ4v) is 2.33. The second-order valence-electron chi connectivity index (χ2n) is 4.93. The van der Waals surface area contributed by atoms with Crippen molar-refractivity contribution in [3.05, 3.63) is 45.7 Å². The molecule has 6 nitrogen and oxygen atoms in total. The third-order valence-electron chi connectivity index (χ3n) is 3.31. The molecule has 0 spiro atoms. The third-order valence-corrected chi connectivity index (χ3v) is 3.84. The van der Waals surface area contributed by atoms with Gasteiger partial charge in [0.2, 0.25) is 5.95 Å². The van der Waals surface area contributed by atoms with Gasteiger partial charge in [0.05, 0.1) is 11.4 Å². The lowest BCUT2D eigenvalue weighted by atomic mass is 10.2. The predicted octanol–water partition coefficient (Wildman–Crippen LogP) is 2.60. The first-order chi connectivity index (χ1) is 11.1. The summed E-state index contributed by atoms with van der Waals surface area (Å²) >= 11 is 3.34. The molecule has 1 aromatic carbocycles. The third kappa shape index (κ3) is 4.99. The maximum absolute atomic E-state index is 12.0. The molecule has 2 aromatic rings. The molecule has 1 amide bonds. The second kappa shape index (κ2) is 8.57. The minimum absolute atomic E-state index is 0.103. The maximum Gasteiger partial charge on any atom is 0.251 e. The Labute approximate surface area is 144 Å². The number of carbonyl (C=O) groups excluding carboxylic acids is 1. The maximum atomic E-state index is 12.0. The minimum Gasteiger partial charge on any atom is -0.351 e. The number of rotatable bonds is 7. The van der Waals surface area contributed by atoms with Crippen molar-refractivity contribution in [1.29, 1.82) is 0 Å². The van der Waals surface area contributed by atoms with Crippen LogP contribution in [0.3, 0.4) is 0 Å². The Morgan fingerprint density at radius 2 is 1.74 bits per heavy atom. The number of amides is 1. The largest absolute Gasteiger partial charge is 0.351 e. The van der Waals surface area contributed by atoms with E-state index in [2.05, 4.69) is 41.7 Å². The van der Waals surface area contributed by atoms with Crippen LogP contribution in [0.2, 0.25) is 0 Å². The summed E-state index contributed by atoms with van der Waals surface area (Å²) in [5.41, 5.74) is 2.53. The molecule has 0 bridgehead atoms. The van der Waals surface area contributed by atoms with E-state index in [1.54, 1.807) is 12.1 Å². The van der Waals surface area contributed by atoms with Crippen molar-refractivity contribution in [2.45, 2.75) is 26.7 Å². The highest BCUT2D eigenvalue weighted by molar-refractivity contribution is 9.10. The Kier molecular flexibility index (Phi) is 6.46. The van der Waals surface area contributed by atoms with Crippen LogP contribution in [0.15, 0.2) is 28.7 Å². The van der Waals surface area contributed by atoms with Gasteiger partial charge in [-0.15, -0.1) is 5.10 Å². The number of benzene rings is 1. The molecule has 0 saturated heterocycles. The highest BCUT2D eigenvalue weighted by atomic mass is 79.9. The van der Waals surface area contributed by atoms with Gasteiger partial charge in [0.1, 0.15) is 0 Å². The van der Waals surface area contributed by atoms with E-state index in [4.69, 9.17) is 0 Å². The van der Waals surface area contributed by atoms with E-state index in [0.717, 1.165) is 28.7 Å². The van der Waals surface area contributed by atoms with Crippen LogP contribution in [0.25, 0.3) is 0 Å². The highest BCUT2D eigenvalue weighted by Gasteiger charge is 2.07. The Morgan fingerprint density at radius 3 is 2.39 bits per heavy atom. The SMILES string of the molecule is CCc1nnc(NCCNC(=O)c2ccc(Br)cc2)nc1CC. The Bertz CT molecular complexity index is 660. The number of hydrogen-bond donors (Lipinski definition) is 2. The summed E-state index contributed by atoms with van der Waals surface area (Å²) in [4.78, 5) is 16.4. The monoisotopic (exact) mass is 377 g/mol. The number of hydrogen-bond acceptors (Lipinski definition) is 5. The van der Waals surface area contributed by atoms with E-state index in [-0.39, 0.29) is 5.91 Å². The zero-order valence-corrected chi connectivity index (χ0v) is 14.9. The summed E-state index contributed by atoms with van der Waals surface area (Å²) in [5.74, 6) is 0.394. The molecule has 0 unspecified atom stereocenters. The van der Waals surface area contributed by atoms with Gasteiger partial charge in [0.25, 0.3) is 5.91 Å². The van der Waals surface area contributed by atoms with Gasteiger partial charge in [-0.1, -0.05) is 29.8 Å². The quantitative estimate of drug-likeness (QED) is 0.724. The average molecular weight is 378 g/mol. The standard InChI is InChI=1S/C16H20BrN5O/c1-3-13-14(4-2)21-22-16(20-13)19-10-9-18-15(23)11-5-7-12(17)8-6-11/h5-8H,3-4,9-10H2,1-2H3,(H,18,23)(H,19,20,22). The van der Waals surface area contributed by atoms with Crippen LogP contribution in [0, 0.1) is 0 Å². The van der Waals surface area contributed by atoms with Crippen molar-refractivity contribution >= 4 is 27.8 Å². The van der Waals surface area contributed by atoms with Gasteiger partial charge in [-0.25, -0.2) is 4.98 Å². The molecule has 1 heterocycles. The first-order valence-corrected chi connectivity index (χ1v) is 8.43. The Morgan fingerprint density at radius 1 is 1.04 bits per heavy atom. The molecule has 0 saturated carbocycles. The molecule has 2 N–H and O–H groups in total. The summed E-state index contributed by atoms with van der Waals surface area (Å²) in [6.45, 7) is 5.11. The normalized spacial score (nSPS) is 10.4. The molecule has 0 atom stereocenters. The average Bonchev–Trinajstić information content (AvgIpc) is 2.58. The van der Waals surface area contributed by atoms with Gasteiger partial charge >= 0.3 is 0 Å². The Hall–Kier alpha value is -2.02. The van der Waals surface area contributed by atoms with Gasteiger partial charge in [0, 0.05) is 23.1 Å². The van der Waals surface area contributed by atoms with Gasteiger partial charge < -0.3 is 10.6 Å². The molecule has 0 aliphatic carbocycles. The van der Waals surface area contributed by atoms with Gasteiger partial charge in [0.15, 0.2) is 0 Å². The molecule has 122 valence electrons. The lowest BCUT2D eigenvalue weighted by Crippen LogP contribution is -2.29. The number of anilines is 1. The van der Waals surface area contributed by atoms with Crippen molar-refractivity contribution in [3.8, 4) is 0 Å². The lowest BCUT2D eigenvalue weighted by molar-refractivity contribution is 0.0955. The molecule has 2 rings (SSSR count). The molecule has 1 aromatic heterocycles. The molecule has 0 radical (unpaired) electrons. The first kappa shape index (κ1) is 17.3. The molecule has 0 aliphatic heterocycles. The van der Waals surface area contributed by atoms with E-state index in [1.807, 2.05) is 26.0 Å². The number of nitrogens with one attached hydrogen (secondary N) is 2. The van der Waals surface area contributed by atoms with Crippen LogP contribution in [-0.2, 0) is 12.8 Å². The van der Waals surface area contributed by atoms with Crippen LogP contribution in [0.1, 0.15) is 35.6 Å². The number of halogens is 1. The number of nitrogens with zero attached hydrogens (tertiary/aromatic N) is 3. The van der Waals surface area contributed by atoms with E-state index in [0.29, 0.717) is 24.6 Å². The Balaban J connectivity index is 1.81. The number of aryl methyl sites for hydroxylation is 2.